The van der Waals surface area contributed by atoms with Crippen LogP contribution in [-0.2, 0) is 16.0 Å². The van der Waals surface area contributed by atoms with Crippen LogP contribution in [0.15, 0.2) is 60.7 Å². The van der Waals surface area contributed by atoms with Gasteiger partial charge in [0.15, 0.2) is 0 Å². The van der Waals surface area contributed by atoms with Crippen molar-refractivity contribution in [3.63, 3.8) is 0 Å². The van der Waals surface area contributed by atoms with Crippen molar-refractivity contribution in [3.05, 3.63) is 87.3 Å². The standard InChI is InChI=1S/C28H31ClN2O3S/c1-3-23-18-24(27(35-23)30-26(32)20-8-6-5-7-9-20)25(19-10-12-22(29)13-11-19)31-16-14-21(15-17-31)28(33)34-4-2/h5-13,18,21,25H,3-4,14-17H2,1-2H3,(H,30,32)/p+1/t25-/m1/s1. The first-order valence-electron chi connectivity index (χ1n) is 12.3. The number of benzene rings is 2. The average molecular weight is 512 g/mol. The molecule has 7 heteroatoms. The van der Waals surface area contributed by atoms with E-state index in [9.17, 15) is 9.59 Å². The Morgan fingerprint density at radius 3 is 2.40 bits per heavy atom. The van der Waals surface area contributed by atoms with Crippen molar-refractivity contribution in [2.24, 2.45) is 5.92 Å². The number of esters is 1. The molecule has 0 spiro atoms. The highest BCUT2D eigenvalue weighted by atomic mass is 35.5. The van der Waals surface area contributed by atoms with Crippen molar-refractivity contribution in [2.75, 3.05) is 25.0 Å². The largest absolute Gasteiger partial charge is 0.466 e. The van der Waals surface area contributed by atoms with Crippen molar-refractivity contribution in [3.8, 4) is 0 Å². The molecule has 4 rings (SSSR count). The Labute approximate surface area is 216 Å². The predicted molar refractivity (Wildman–Crippen MR) is 141 cm³/mol. The van der Waals surface area contributed by atoms with Gasteiger partial charge in [0.2, 0.25) is 0 Å². The number of nitrogens with one attached hydrogen (secondary N) is 2. The van der Waals surface area contributed by atoms with Crippen molar-refractivity contribution in [2.45, 2.75) is 39.2 Å². The van der Waals surface area contributed by atoms with E-state index in [0.29, 0.717) is 17.2 Å². The quantitative estimate of drug-likeness (QED) is 0.410. The molecule has 0 unspecified atom stereocenters. The number of quaternary nitrogens is 1. The minimum Gasteiger partial charge on any atom is -0.466 e. The lowest BCUT2D eigenvalue weighted by Gasteiger charge is -2.34. The topological polar surface area (TPSA) is 59.8 Å². The molecule has 0 saturated carbocycles. The number of carbonyl (C=O) groups excluding carboxylic acids is 2. The lowest BCUT2D eigenvalue weighted by atomic mass is 9.91. The monoisotopic (exact) mass is 511 g/mol. The minimum atomic E-state index is -0.109. The number of hydrogen-bond acceptors (Lipinski definition) is 4. The van der Waals surface area contributed by atoms with Crippen molar-refractivity contribution >= 4 is 39.8 Å². The fourth-order valence-electron chi connectivity index (χ4n) is 4.77. The fourth-order valence-corrected chi connectivity index (χ4v) is 5.93. The summed E-state index contributed by atoms with van der Waals surface area (Å²) >= 11 is 7.85. The number of ether oxygens (including phenoxy) is 1. The summed E-state index contributed by atoms with van der Waals surface area (Å²) in [6, 6.07) is 19.5. The van der Waals surface area contributed by atoms with Gasteiger partial charge < -0.3 is 15.0 Å². The van der Waals surface area contributed by atoms with E-state index in [-0.39, 0.29) is 23.8 Å². The second-order valence-corrected chi connectivity index (χ2v) is 10.4. The molecule has 5 nitrogen and oxygen atoms in total. The van der Waals surface area contributed by atoms with Gasteiger partial charge in [0.05, 0.1) is 25.6 Å². The minimum absolute atomic E-state index is 0.0260. The molecule has 0 aliphatic carbocycles. The Morgan fingerprint density at radius 1 is 1.09 bits per heavy atom. The second kappa shape index (κ2) is 11.8. The molecule has 3 aromatic rings. The number of piperidine rings is 1. The highest BCUT2D eigenvalue weighted by Crippen LogP contribution is 2.36. The van der Waals surface area contributed by atoms with Gasteiger partial charge in [0.25, 0.3) is 5.91 Å². The molecule has 1 amide bonds. The van der Waals surface area contributed by atoms with Gasteiger partial charge in [-0.25, -0.2) is 0 Å². The first kappa shape index (κ1) is 25.4. The predicted octanol–water partition coefficient (Wildman–Crippen LogP) is 5.16. The molecular formula is C28H32ClN2O3S+. The summed E-state index contributed by atoms with van der Waals surface area (Å²) in [6.07, 6.45) is 2.47. The maximum Gasteiger partial charge on any atom is 0.309 e. The smallest absolute Gasteiger partial charge is 0.309 e. The van der Waals surface area contributed by atoms with Crippen LogP contribution in [0, 0.1) is 5.92 Å². The summed E-state index contributed by atoms with van der Waals surface area (Å²) in [5.74, 6) is -0.244. The molecule has 184 valence electrons. The van der Waals surface area contributed by atoms with Gasteiger partial charge in [-0.1, -0.05) is 48.9 Å². The molecule has 2 aromatic carbocycles. The molecule has 1 aliphatic heterocycles. The summed E-state index contributed by atoms with van der Waals surface area (Å²) in [5, 5.41) is 4.77. The third-order valence-corrected chi connectivity index (χ3v) is 8.06. The molecule has 1 aliphatic rings. The third-order valence-electron chi connectivity index (χ3n) is 6.59. The Morgan fingerprint density at radius 2 is 1.77 bits per heavy atom. The number of hydrogen-bond donors (Lipinski definition) is 2. The first-order valence-corrected chi connectivity index (χ1v) is 13.4. The van der Waals surface area contributed by atoms with E-state index in [1.807, 2.05) is 49.4 Å². The molecule has 0 radical (unpaired) electrons. The third kappa shape index (κ3) is 6.13. The van der Waals surface area contributed by atoms with E-state index < -0.39 is 0 Å². The lowest BCUT2D eigenvalue weighted by molar-refractivity contribution is -0.931. The molecule has 1 saturated heterocycles. The van der Waals surface area contributed by atoms with Crippen LogP contribution >= 0.6 is 22.9 Å². The fraction of sp³-hybridized carbons (Fsp3) is 0.357. The zero-order valence-electron chi connectivity index (χ0n) is 20.2. The zero-order chi connectivity index (χ0) is 24.8. The van der Waals surface area contributed by atoms with Crippen LogP contribution in [0.5, 0.6) is 0 Å². The van der Waals surface area contributed by atoms with Crippen LogP contribution in [0.1, 0.15) is 59.1 Å². The van der Waals surface area contributed by atoms with Gasteiger partial charge in [0, 0.05) is 39.4 Å². The van der Waals surface area contributed by atoms with E-state index >= 15 is 0 Å². The molecule has 2 heterocycles. The number of halogens is 1. The molecular weight excluding hydrogens is 480 g/mol. The molecule has 0 bridgehead atoms. The molecule has 35 heavy (non-hydrogen) atoms. The number of aryl methyl sites for hydroxylation is 1. The van der Waals surface area contributed by atoms with E-state index in [1.54, 1.807) is 11.3 Å². The number of amides is 1. The van der Waals surface area contributed by atoms with Gasteiger partial charge in [0.1, 0.15) is 11.0 Å². The summed E-state index contributed by atoms with van der Waals surface area (Å²) < 4.78 is 5.27. The van der Waals surface area contributed by atoms with Crippen LogP contribution in [0.2, 0.25) is 5.02 Å². The first-order chi connectivity index (χ1) is 17.0. The van der Waals surface area contributed by atoms with Crippen molar-refractivity contribution in [1.29, 1.82) is 0 Å². The summed E-state index contributed by atoms with van der Waals surface area (Å²) in [7, 11) is 0. The van der Waals surface area contributed by atoms with E-state index in [0.717, 1.165) is 48.5 Å². The number of likely N-dealkylation sites (tertiary alicyclic amines) is 1. The van der Waals surface area contributed by atoms with E-state index in [4.69, 9.17) is 16.3 Å². The second-order valence-electron chi connectivity index (χ2n) is 8.84. The molecule has 1 aromatic heterocycles. The highest BCUT2D eigenvalue weighted by molar-refractivity contribution is 7.16. The summed E-state index contributed by atoms with van der Waals surface area (Å²) in [5.41, 5.74) is 2.90. The summed E-state index contributed by atoms with van der Waals surface area (Å²) in [6.45, 7) is 6.09. The van der Waals surface area contributed by atoms with Gasteiger partial charge in [-0.05, 0) is 43.7 Å². The lowest BCUT2D eigenvalue weighted by Crippen LogP contribution is -3.13. The zero-order valence-corrected chi connectivity index (χ0v) is 21.8. The Kier molecular flexibility index (Phi) is 8.60. The Bertz CT molecular complexity index is 1140. The van der Waals surface area contributed by atoms with Crippen LogP contribution in [0.3, 0.4) is 0 Å². The Hall–Kier alpha value is -2.67. The normalized spacial score (nSPS) is 18.6. The SMILES string of the molecule is CCOC(=O)C1CC[NH+]([C@H](c2ccc(Cl)cc2)c2cc(CC)sc2NC(=O)c2ccccc2)CC1. The van der Waals surface area contributed by atoms with E-state index in [2.05, 4.69) is 30.4 Å². The Balaban J connectivity index is 1.66. The highest BCUT2D eigenvalue weighted by Gasteiger charge is 2.36. The van der Waals surface area contributed by atoms with Crippen LogP contribution < -0.4 is 10.2 Å². The molecule has 1 atom stereocenters. The molecule has 1 fully saturated rings. The number of carbonyl (C=O) groups is 2. The maximum absolute atomic E-state index is 13.0. The number of rotatable bonds is 8. The van der Waals surface area contributed by atoms with Crippen molar-refractivity contribution in [1.82, 2.24) is 0 Å². The maximum atomic E-state index is 13.0. The van der Waals surface area contributed by atoms with Gasteiger partial charge in [-0.3, -0.25) is 9.59 Å². The van der Waals surface area contributed by atoms with Gasteiger partial charge >= 0.3 is 5.97 Å². The number of thiophene rings is 1. The van der Waals surface area contributed by atoms with Gasteiger partial charge in [-0.15, -0.1) is 11.3 Å². The number of anilines is 1. The van der Waals surface area contributed by atoms with E-state index in [1.165, 1.54) is 9.78 Å². The van der Waals surface area contributed by atoms with Crippen LogP contribution in [0.4, 0.5) is 5.00 Å². The molecule has 2 N–H and O–H groups in total. The van der Waals surface area contributed by atoms with Crippen LogP contribution in [0.25, 0.3) is 0 Å². The van der Waals surface area contributed by atoms with Crippen molar-refractivity contribution < 1.29 is 19.2 Å². The summed E-state index contributed by atoms with van der Waals surface area (Å²) in [4.78, 5) is 28.0. The van der Waals surface area contributed by atoms with Crippen LogP contribution in [-0.4, -0.2) is 31.6 Å². The van der Waals surface area contributed by atoms with Gasteiger partial charge in [-0.2, -0.15) is 0 Å². The average Bonchev–Trinajstić information content (AvgIpc) is 3.28.